The van der Waals surface area contributed by atoms with E-state index in [1.165, 1.54) is 11.6 Å². The minimum atomic E-state index is -3.68. The first-order chi connectivity index (χ1) is 8.39. The zero-order valence-corrected chi connectivity index (χ0v) is 11.7. The molecule has 0 aliphatic heterocycles. The lowest BCUT2D eigenvalue weighted by atomic mass is 9.97. The van der Waals surface area contributed by atoms with Gasteiger partial charge >= 0.3 is 0 Å². The summed E-state index contributed by atoms with van der Waals surface area (Å²) >= 11 is 0. The predicted octanol–water partition coefficient (Wildman–Crippen LogP) is 3.90. The minimum Gasteiger partial charge on any atom is -0.207 e. The Balaban J connectivity index is 2.62. The Morgan fingerprint density at radius 3 is 2.33 bits per heavy atom. The molecule has 0 atom stereocenters. The van der Waals surface area contributed by atoms with Crippen LogP contribution in [0.15, 0.2) is 47.4 Å². The second kappa shape index (κ2) is 4.75. The predicted molar refractivity (Wildman–Crippen MR) is 74.4 cm³/mol. The standard InChI is InChI=1S/C14H13ClO2S/c1-10-5-3-8-14(11(10)2)12-6-4-7-13(9-12)18(15,16)17/h3-9H,1-2H3. The molecule has 0 saturated heterocycles. The van der Waals surface area contributed by atoms with Crippen LogP contribution in [0, 0.1) is 13.8 Å². The van der Waals surface area contributed by atoms with Crippen LogP contribution in [0.4, 0.5) is 0 Å². The van der Waals surface area contributed by atoms with Gasteiger partial charge in [0, 0.05) is 10.7 Å². The van der Waals surface area contributed by atoms with Crippen LogP contribution < -0.4 is 0 Å². The van der Waals surface area contributed by atoms with E-state index >= 15 is 0 Å². The fourth-order valence-corrected chi connectivity index (χ4v) is 2.68. The summed E-state index contributed by atoms with van der Waals surface area (Å²) in [5.74, 6) is 0. The van der Waals surface area contributed by atoms with E-state index in [2.05, 4.69) is 0 Å². The largest absolute Gasteiger partial charge is 0.261 e. The average molecular weight is 281 g/mol. The van der Waals surface area contributed by atoms with E-state index in [1.807, 2.05) is 38.1 Å². The molecule has 0 saturated carbocycles. The molecule has 0 fully saturated rings. The monoisotopic (exact) mass is 280 g/mol. The number of halogens is 1. The van der Waals surface area contributed by atoms with E-state index in [4.69, 9.17) is 10.7 Å². The third-order valence-corrected chi connectivity index (χ3v) is 4.38. The summed E-state index contributed by atoms with van der Waals surface area (Å²) in [5, 5.41) is 0. The summed E-state index contributed by atoms with van der Waals surface area (Å²) in [6.45, 7) is 4.05. The van der Waals surface area contributed by atoms with Crippen LogP contribution in [0.25, 0.3) is 11.1 Å². The lowest BCUT2D eigenvalue weighted by Gasteiger charge is -2.09. The number of hydrogen-bond acceptors (Lipinski definition) is 2. The molecule has 0 aliphatic rings. The second-order valence-corrected chi connectivity index (χ2v) is 6.78. The maximum atomic E-state index is 11.3. The van der Waals surface area contributed by atoms with Crippen LogP contribution >= 0.6 is 10.7 Å². The van der Waals surface area contributed by atoms with Gasteiger partial charge in [0.2, 0.25) is 0 Å². The number of benzene rings is 2. The quantitative estimate of drug-likeness (QED) is 0.782. The van der Waals surface area contributed by atoms with Crippen LogP contribution in [0.1, 0.15) is 11.1 Å². The third kappa shape index (κ3) is 2.57. The molecular weight excluding hydrogens is 268 g/mol. The highest BCUT2D eigenvalue weighted by atomic mass is 35.7. The van der Waals surface area contributed by atoms with E-state index in [-0.39, 0.29) is 4.90 Å². The Morgan fingerprint density at radius 2 is 1.67 bits per heavy atom. The first-order valence-corrected chi connectivity index (χ1v) is 7.82. The van der Waals surface area contributed by atoms with Crippen molar-refractivity contribution < 1.29 is 8.42 Å². The van der Waals surface area contributed by atoms with Gasteiger partial charge in [-0.25, -0.2) is 8.42 Å². The second-order valence-electron chi connectivity index (χ2n) is 4.21. The Bertz CT molecular complexity index is 691. The van der Waals surface area contributed by atoms with E-state index < -0.39 is 9.05 Å². The molecule has 0 heterocycles. The van der Waals surface area contributed by atoms with Gasteiger partial charge < -0.3 is 0 Å². The van der Waals surface area contributed by atoms with Gasteiger partial charge in [0.15, 0.2) is 0 Å². The topological polar surface area (TPSA) is 34.1 Å². The molecule has 0 bridgehead atoms. The summed E-state index contributed by atoms with van der Waals surface area (Å²) in [7, 11) is 1.68. The molecule has 0 N–H and O–H groups in total. The fourth-order valence-electron chi connectivity index (χ4n) is 1.88. The van der Waals surface area contributed by atoms with E-state index in [9.17, 15) is 8.42 Å². The summed E-state index contributed by atoms with van der Waals surface area (Å²) in [5.41, 5.74) is 4.20. The highest BCUT2D eigenvalue weighted by Crippen LogP contribution is 2.28. The molecule has 18 heavy (non-hydrogen) atoms. The van der Waals surface area contributed by atoms with Gasteiger partial charge in [-0.3, -0.25) is 0 Å². The molecule has 2 aromatic carbocycles. The molecule has 4 heteroatoms. The Labute approximate surface area is 112 Å². The van der Waals surface area contributed by atoms with Crippen molar-refractivity contribution in [3.8, 4) is 11.1 Å². The van der Waals surface area contributed by atoms with Crippen molar-refractivity contribution >= 4 is 19.7 Å². The van der Waals surface area contributed by atoms with Crippen molar-refractivity contribution in [3.63, 3.8) is 0 Å². The smallest absolute Gasteiger partial charge is 0.207 e. The highest BCUT2D eigenvalue weighted by Gasteiger charge is 2.11. The minimum absolute atomic E-state index is 0.127. The first kappa shape index (κ1) is 13.1. The molecular formula is C14H13ClO2S. The van der Waals surface area contributed by atoms with Crippen LogP contribution in [-0.2, 0) is 9.05 Å². The van der Waals surface area contributed by atoms with Gasteiger partial charge in [0.1, 0.15) is 0 Å². The SMILES string of the molecule is Cc1cccc(-c2cccc(S(=O)(=O)Cl)c2)c1C. The van der Waals surface area contributed by atoms with Gasteiger partial charge in [0.05, 0.1) is 4.90 Å². The maximum absolute atomic E-state index is 11.3. The van der Waals surface area contributed by atoms with Crippen molar-refractivity contribution in [3.05, 3.63) is 53.6 Å². The van der Waals surface area contributed by atoms with Crippen LogP contribution in [0.2, 0.25) is 0 Å². The molecule has 2 nitrogen and oxygen atoms in total. The van der Waals surface area contributed by atoms with Crippen molar-refractivity contribution in [2.75, 3.05) is 0 Å². The summed E-state index contributed by atoms with van der Waals surface area (Å²) in [4.78, 5) is 0.127. The molecule has 0 unspecified atom stereocenters. The zero-order valence-electron chi connectivity index (χ0n) is 10.1. The normalized spacial score (nSPS) is 11.5. The zero-order chi connectivity index (χ0) is 13.3. The van der Waals surface area contributed by atoms with Gasteiger partial charge in [-0.15, -0.1) is 0 Å². The van der Waals surface area contributed by atoms with Gasteiger partial charge in [-0.2, -0.15) is 0 Å². The van der Waals surface area contributed by atoms with Crippen LogP contribution in [0.5, 0.6) is 0 Å². The molecule has 0 spiro atoms. The maximum Gasteiger partial charge on any atom is 0.261 e. The van der Waals surface area contributed by atoms with Crippen molar-refractivity contribution in [1.82, 2.24) is 0 Å². The first-order valence-electron chi connectivity index (χ1n) is 5.51. The number of rotatable bonds is 2. The molecule has 94 valence electrons. The Kier molecular flexibility index (Phi) is 3.46. The van der Waals surface area contributed by atoms with Crippen LogP contribution in [-0.4, -0.2) is 8.42 Å². The van der Waals surface area contributed by atoms with E-state index in [0.717, 1.165) is 16.7 Å². The summed E-state index contributed by atoms with van der Waals surface area (Å²) in [6.07, 6.45) is 0. The fraction of sp³-hybridized carbons (Fsp3) is 0.143. The molecule has 0 radical (unpaired) electrons. The lowest BCUT2D eigenvalue weighted by Crippen LogP contribution is -1.92. The number of aryl methyl sites for hydroxylation is 1. The number of hydrogen-bond donors (Lipinski definition) is 0. The summed E-state index contributed by atoms with van der Waals surface area (Å²) in [6, 6.07) is 12.6. The van der Waals surface area contributed by atoms with Gasteiger partial charge in [-0.05, 0) is 48.2 Å². The van der Waals surface area contributed by atoms with Crippen LogP contribution in [0.3, 0.4) is 0 Å². The van der Waals surface area contributed by atoms with Gasteiger partial charge in [0.25, 0.3) is 9.05 Å². The molecule has 0 aromatic heterocycles. The lowest BCUT2D eigenvalue weighted by molar-refractivity contribution is 0.609. The molecule has 0 amide bonds. The van der Waals surface area contributed by atoms with Crippen molar-refractivity contribution in [1.29, 1.82) is 0 Å². The van der Waals surface area contributed by atoms with E-state index in [0.29, 0.717) is 0 Å². The van der Waals surface area contributed by atoms with E-state index in [1.54, 1.807) is 12.1 Å². The Morgan fingerprint density at radius 1 is 1.00 bits per heavy atom. The van der Waals surface area contributed by atoms with Crippen molar-refractivity contribution in [2.45, 2.75) is 18.7 Å². The highest BCUT2D eigenvalue weighted by molar-refractivity contribution is 8.13. The van der Waals surface area contributed by atoms with Gasteiger partial charge in [-0.1, -0.05) is 30.3 Å². The van der Waals surface area contributed by atoms with Crippen molar-refractivity contribution in [2.24, 2.45) is 0 Å². The third-order valence-electron chi connectivity index (χ3n) is 3.03. The summed E-state index contributed by atoms with van der Waals surface area (Å²) < 4.78 is 22.7. The Hall–Kier alpha value is -1.32. The molecule has 2 rings (SSSR count). The average Bonchev–Trinajstić information content (AvgIpc) is 2.32. The molecule has 0 aliphatic carbocycles. The molecule has 2 aromatic rings.